The van der Waals surface area contributed by atoms with Crippen LogP contribution in [0.15, 0.2) is 29.2 Å². The highest BCUT2D eigenvalue weighted by Gasteiger charge is 2.42. The highest BCUT2D eigenvalue weighted by molar-refractivity contribution is 7.89. The van der Waals surface area contributed by atoms with Crippen molar-refractivity contribution in [2.45, 2.75) is 62.6 Å². The molecule has 1 amide bonds. The molecule has 0 aliphatic carbocycles. The molecule has 1 aliphatic heterocycles. The second-order valence-corrected chi connectivity index (χ2v) is 13.9. The lowest BCUT2D eigenvalue weighted by Crippen LogP contribution is -2.54. The Bertz CT molecular complexity index is 999. The summed E-state index contributed by atoms with van der Waals surface area (Å²) in [6, 6.07) is 5.56. The highest BCUT2D eigenvalue weighted by Crippen LogP contribution is 2.26. The predicted octanol–water partition coefficient (Wildman–Crippen LogP) is 1.99. The van der Waals surface area contributed by atoms with Gasteiger partial charge in [0.2, 0.25) is 10.0 Å². The van der Waals surface area contributed by atoms with Crippen LogP contribution >= 0.6 is 12.6 Å². The highest BCUT2D eigenvalue weighted by atomic mass is 32.2. The molecule has 1 N–H and O–H groups in total. The number of amides is 1. The molecule has 1 fully saturated rings. The number of thiol groups is 1. The molecule has 1 saturated heterocycles. The van der Waals surface area contributed by atoms with Gasteiger partial charge in [-0.05, 0) is 35.4 Å². The van der Waals surface area contributed by atoms with E-state index >= 15 is 0 Å². The van der Waals surface area contributed by atoms with Crippen LogP contribution in [-0.4, -0.2) is 62.1 Å². The van der Waals surface area contributed by atoms with Crippen molar-refractivity contribution in [2.75, 3.05) is 19.3 Å². The molecule has 0 saturated carbocycles. The third kappa shape index (κ3) is 6.44. The molecule has 1 aliphatic rings. The average Bonchev–Trinajstić information content (AvgIpc) is 3.02. The summed E-state index contributed by atoms with van der Waals surface area (Å²) in [6.45, 7) is 9.91. The molecule has 0 aromatic heterocycles. The summed E-state index contributed by atoms with van der Waals surface area (Å²) in [5.74, 6) is -0.756. The van der Waals surface area contributed by atoms with Crippen molar-refractivity contribution in [1.82, 2.24) is 14.1 Å². The van der Waals surface area contributed by atoms with E-state index in [1.165, 1.54) is 12.1 Å². The van der Waals surface area contributed by atoms with E-state index in [2.05, 4.69) is 18.1 Å². The monoisotopic (exact) mass is 491 g/mol. The zero-order valence-corrected chi connectivity index (χ0v) is 21.4. The Labute approximate surface area is 191 Å². The van der Waals surface area contributed by atoms with Crippen molar-refractivity contribution >= 4 is 38.6 Å². The summed E-state index contributed by atoms with van der Waals surface area (Å²) in [6.07, 6.45) is 1.23. The molecule has 8 nitrogen and oxygen atoms in total. The van der Waals surface area contributed by atoms with Gasteiger partial charge in [-0.15, -0.1) is 4.41 Å². The van der Waals surface area contributed by atoms with E-state index in [4.69, 9.17) is 0 Å². The maximum absolute atomic E-state index is 13.3. The molecule has 1 aromatic carbocycles. The van der Waals surface area contributed by atoms with Gasteiger partial charge in [0.15, 0.2) is 0 Å². The molecule has 2 rings (SSSR count). The molecule has 31 heavy (non-hydrogen) atoms. The lowest BCUT2D eigenvalue weighted by molar-refractivity contribution is -0.127. The minimum Gasteiger partial charge on any atom is -0.274 e. The van der Waals surface area contributed by atoms with Crippen molar-refractivity contribution in [1.29, 1.82) is 0 Å². The molecule has 0 unspecified atom stereocenters. The van der Waals surface area contributed by atoms with Gasteiger partial charge in [0.05, 0.1) is 11.2 Å². The summed E-state index contributed by atoms with van der Waals surface area (Å²) in [4.78, 5) is 13.0. The number of carbonyl (C=O) groups is 1. The molecule has 2 atom stereocenters. The number of hydrogen-bond donors (Lipinski definition) is 2. The molecular weight excluding hydrogens is 458 g/mol. The minimum absolute atomic E-state index is 0.0466. The van der Waals surface area contributed by atoms with Gasteiger partial charge in [-0.3, -0.25) is 10.2 Å². The fraction of sp³-hybridized carbons (Fsp3) is 0.650. The SMILES string of the molecule is CC(C)CN(NC(=O)[C@@H]1C[C@@H](S)CN1S(C)(=O)=O)S(=O)(=O)c1ccc(C(C)(C)C)cc1. The van der Waals surface area contributed by atoms with Crippen LogP contribution in [0.25, 0.3) is 0 Å². The van der Waals surface area contributed by atoms with Gasteiger partial charge in [-0.1, -0.05) is 46.8 Å². The van der Waals surface area contributed by atoms with Gasteiger partial charge in [0.25, 0.3) is 15.9 Å². The standard InChI is InChI=1S/C20H33N3O5S3/c1-14(2)12-23(21-19(24)18-11-16(29)13-22(18)30(6,25)26)31(27,28)17-9-7-15(8-10-17)20(3,4)5/h7-10,14,16,18,29H,11-13H2,1-6H3,(H,21,24)/t16-,18+/m1/s1. The Balaban J connectivity index is 2.33. The van der Waals surface area contributed by atoms with Crippen LogP contribution in [0.1, 0.15) is 46.6 Å². The summed E-state index contributed by atoms with van der Waals surface area (Å²) in [5.41, 5.74) is 3.32. The Hall–Kier alpha value is -1.14. The molecule has 0 spiro atoms. The van der Waals surface area contributed by atoms with Crippen LogP contribution in [-0.2, 0) is 30.3 Å². The fourth-order valence-electron chi connectivity index (χ4n) is 3.38. The summed E-state index contributed by atoms with van der Waals surface area (Å²) in [7, 11) is -7.67. The summed E-state index contributed by atoms with van der Waals surface area (Å²) in [5, 5.41) is -0.300. The van der Waals surface area contributed by atoms with E-state index in [9.17, 15) is 21.6 Å². The average molecular weight is 492 g/mol. The van der Waals surface area contributed by atoms with Gasteiger partial charge < -0.3 is 0 Å². The van der Waals surface area contributed by atoms with Crippen LogP contribution in [0.3, 0.4) is 0 Å². The topological polar surface area (TPSA) is 104 Å². The third-order valence-electron chi connectivity index (χ3n) is 5.04. The molecule has 0 radical (unpaired) electrons. The number of nitrogens with zero attached hydrogens (tertiary/aromatic N) is 2. The van der Waals surface area contributed by atoms with E-state index < -0.39 is 32.0 Å². The molecular formula is C20H33N3O5S3. The minimum atomic E-state index is -4.04. The zero-order chi connectivity index (χ0) is 23.8. The fourth-order valence-corrected chi connectivity index (χ4v) is 6.40. The number of nitrogens with one attached hydrogen (secondary N) is 1. The van der Waals surface area contributed by atoms with E-state index in [0.717, 1.165) is 20.5 Å². The Kier molecular flexibility index (Phi) is 7.90. The number of hydrogen-bond acceptors (Lipinski definition) is 6. The maximum atomic E-state index is 13.3. The van der Waals surface area contributed by atoms with Gasteiger partial charge in [0.1, 0.15) is 6.04 Å². The predicted molar refractivity (Wildman–Crippen MR) is 125 cm³/mol. The Morgan fingerprint density at radius 2 is 1.74 bits per heavy atom. The normalized spacial score (nSPS) is 21.1. The van der Waals surface area contributed by atoms with Gasteiger partial charge >= 0.3 is 0 Å². The molecule has 176 valence electrons. The molecule has 0 bridgehead atoms. The Morgan fingerprint density at radius 3 is 2.19 bits per heavy atom. The summed E-state index contributed by atoms with van der Waals surface area (Å²) < 4.78 is 52.7. The van der Waals surface area contributed by atoms with Crippen molar-refractivity contribution in [2.24, 2.45) is 5.92 Å². The van der Waals surface area contributed by atoms with E-state index in [-0.39, 0.29) is 41.0 Å². The van der Waals surface area contributed by atoms with Gasteiger partial charge in [-0.2, -0.15) is 16.9 Å². The quantitative estimate of drug-likeness (QED) is 0.448. The first kappa shape index (κ1) is 26.1. The first-order chi connectivity index (χ1) is 14.0. The first-order valence-corrected chi connectivity index (χ1v) is 13.9. The second-order valence-electron chi connectivity index (χ2n) is 9.42. The zero-order valence-electron chi connectivity index (χ0n) is 18.9. The van der Waals surface area contributed by atoms with Crippen LogP contribution in [0, 0.1) is 5.92 Å². The number of sulfonamides is 2. The van der Waals surface area contributed by atoms with Crippen LogP contribution < -0.4 is 5.43 Å². The third-order valence-corrected chi connectivity index (χ3v) is 8.35. The number of benzene rings is 1. The largest absolute Gasteiger partial charge is 0.274 e. The number of carbonyl (C=O) groups excluding carboxylic acids is 1. The van der Waals surface area contributed by atoms with Crippen LogP contribution in [0.2, 0.25) is 0 Å². The Morgan fingerprint density at radius 1 is 1.19 bits per heavy atom. The molecule has 1 heterocycles. The van der Waals surface area contributed by atoms with Crippen molar-refractivity contribution in [3.8, 4) is 0 Å². The number of hydrazine groups is 1. The van der Waals surface area contributed by atoms with Crippen LogP contribution in [0.4, 0.5) is 0 Å². The van der Waals surface area contributed by atoms with E-state index in [1.54, 1.807) is 12.1 Å². The molecule has 11 heteroatoms. The summed E-state index contributed by atoms with van der Waals surface area (Å²) >= 11 is 4.31. The van der Waals surface area contributed by atoms with Crippen molar-refractivity contribution in [3.63, 3.8) is 0 Å². The lowest BCUT2D eigenvalue weighted by atomic mass is 9.87. The van der Waals surface area contributed by atoms with Crippen LogP contribution in [0.5, 0.6) is 0 Å². The first-order valence-electron chi connectivity index (χ1n) is 10.1. The molecule has 1 aromatic rings. The smallest absolute Gasteiger partial charge is 0.259 e. The maximum Gasteiger partial charge on any atom is 0.259 e. The van der Waals surface area contributed by atoms with Crippen molar-refractivity contribution < 1.29 is 21.6 Å². The van der Waals surface area contributed by atoms with Crippen molar-refractivity contribution in [3.05, 3.63) is 29.8 Å². The van der Waals surface area contributed by atoms with Gasteiger partial charge in [-0.25, -0.2) is 16.8 Å². The lowest BCUT2D eigenvalue weighted by Gasteiger charge is -2.28. The van der Waals surface area contributed by atoms with Gasteiger partial charge in [0, 0.05) is 18.3 Å². The van der Waals surface area contributed by atoms with E-state index in [1.807, 2.05) is 34.6 Å². The second kappa shape index (κ2) is 9.38. The number of rotatable bonds is 7. The van der Waals surface area contributed by atoms with E-state index in [0.29, 0.717) is 0 Å².